The maximum atomic E-state index is 12.9. The predicted molar refractivity (Wildman–Crippen MR) is 115 cm³/mol. The van der Waals surface area contributed by atoms with Crippen LogP contribution in [0.4, 0.5) is 0 Å². The van der Waals surface area contributed by atoms with Crippen molar-refractivity contribution in [2.75, 3.05) is 13.2 Å². The van der Waals surface area contributed by atoms with Crippen molar-refractivity contribution in [2.45, 2.75) is 44.6 Å². The molecule has 0 aromatic heterocycles. The van der Waals surface area contributed by atoms with Crippen molar-refractivity contribution < 1.29 is 28.1 Å². The number of hydrogen-bond donors (Lipinski definition) is 1. The van der Waals surface area contributed by atoms with Gasteiger partial charge in [-0.3, -0.25) is 29.4 Å². The van der Waals surface area contributed by atoms with Crippen LogP contribution in [0.1, 0.15) is 59.2 Å². The zero-order valence-corrected chi connectivity index (χ0v) is 18.6. The van der Waals surface area contributed by atoms with Crippen LogP contribution in [0.25, 0.3) is 0 Å². The van der Waals surface area contributed by atoms with E-state index in [0.717, 1.165) is 30.6 Å². The fourth-order valence-electron chi connectivity index (χ4n) is 3.43. The first kappa shape index (κ1) is 22.0. The molecule has 4 amide bonds. The number of hydrogen-bond acceptors (Lipinski definition) is 7. The third-order valence-electron chi connectivity index (χ3n) is 4.85. The monoisotopic (exact) mass is 532 g/mol. The summed E-state index contributed by atoms with van der Waals surface area (Å²) < 4.78 is 11.0. The van der Waals surface area contributed by atoms with Crippen LogP contribution >= 0.6 is 30.4 Å². The van der Waals surface area contributed by atoms with E-state index in [1.54, 1.807) is 18.2 Å². The first-order valence-corrected chi connectivity index (χ1v) is 12.7. The minimum Gasteiger partial charge on any atom is -0.493 e. The van der Waals surface area contributed by atoms with Crippen LogP contribution in [0.3, 0.4) is 0 Å². The van der Waals surface area contributed by atoms with Gasteiger partial charge in [-0.2, -0.15) is 0 Å². The van der Waals surface area contributed by atoms with Crippen molar-refractivity contribution in [1.82, 2.24) is 10.2 Å². The number of carbonyl (C=O) groups is 4. The summed E-state index contributed by atoms with van der Waals surface area (Å²) >= 11 is 2.09. The van der Waals surface area contributed by atoms with E-state index in [2.05, 4.69) is 26.5 Å². The van der Waals surface area contributed by atoms with E-state index in [1.807, 2.05) is 0 Å². The van der Waals surface area contributed by atoms with Crippen LogP contribution in [-0.4, -0.2) is 47.8 Å². The Kier molecular flexibility index (Phi) is 7.90. The van der Waals surface area contributed by atoms with Gasteiger partial charge in [-0.05, 0) is 37.8 Å². The van der Waals surface area contributed by atoms with Gasteiger partial charge in [0.2, 0.25) is 11.8 Å². The van der Waals surface area contributed by atoms with E-state index in [1.165, 1.54) is 9.21 Å². The number of piperidine rings is 1. The Morgan fingerprint density at radius 2 is 1.83 bits per heavy atom. The van der Waals surface area contributed by atoms with Gasteiger partial charge in [0.1, 0.15) is 11.8 Å². The van der Waals surface area contributed by atoms with Gasteiger partial charge >= 0.3 is 0 Å². The number of ether oxygens (including phenoxy) is 1. The highest BCUT2D eigenvalue weighted by molar-refractivity contribution is 14.2. The molecule has 1 aromatic rings. The van der Waals surface area contributed by atoms with Crippen molar-refractivity contribution in [3.05, 3.63) is 29.3 Å². The van der Waals surface area contributed by atoms with Crippen molar-refractivity contribution >= 4 is 54.0 Å². The van der Waals surface area contributed by atoms with E-state index >= 15 is 0 Å². The molecule has 1 atom stereocenters. The Labute approximate surface area is 184 Å². The molecule has 2 aliphatic rings. The maximum Gasteiger partial charge on any atom is 0.266 e. The van der Waals surface area contributed by atoms with Gasteiger partial charge in [0.25, 0.3) is 11.8 Å². The molecule has 1 unspecified atom stereocenters. The quantitative estimate of drug-likeness (QED) is 0.214. The molecule has 8 nitrogen and oxygen atoms in total. The van der Waals surface area contributed by atoms with E-state index in [-0.39, 0.29) is 24.0 Å². The zero-order chi connectivity index (χ0) is 20.8. The summed E-state index contributed by atoms with van der Waals surface area (Å²) in [6, 6.07) is 3.89. The van der Waals surface area contributed by atoms with Crippen LogP contribution in [0.5, 0.6) is 5.75 Å². The van der Waals surface area contributed by atoms with Gasteiger partial charge in [0, 0.05) is 27.6 Å². The standard InChI is InChI=1S/C19H21IN2O6S/c20-29-28-11-4-2-1-3-10-27-14-7-5-6-12-16(14)19(26)22(18(12)25)13-8-9-15(23)21-17(13)24/h5-7,13H,1-4,8-11H2,(H,21,23,24). The highest BCUT2D eigenvalue weighted by Crippen LogP contribution is 2.33. The van der Waals surface area contributed by atoms with Crippen LogP contribution in [0.2, 0.25) is 0 Å². The number of imide groups is 2. The number of rotatable bonds is 10. The Bertz CT molecular complexity index is 818. The molecule has 0 spiro atoms. The Balaban J connectivity index is 1.61. The Hall–Kier alpha value is -1.66. The number of nitrogens with zero attached hydrogens (tertiary/aromatic N) is 1. The second kappa shape index (κ2) is 10.4. The second-order valence-corrected chi connectivity index (χ2v) is 8.21. The zero-order valence-electron chi connectivity index (χ0n) is 15.6. The molecule has 0 aliphatic carbocycles. The topological polar surface area (TPSA) is 102 Å². The molecule has 1 saturated heterocycles. The van der Waals surface area contributed by atoms with E-state index in [4.69, 9.17) is 8.92 Å². The first-order chi connectivity index (χ1) is 14.0. The van der Waals surface area contributed by atoms with Gasteiger partial charge < -0.3 is 8.92 Å². The molecule has 156 valence electrons. The third-order valence-corrected chi connectivity index (χ3v) is 5.87. The van der Waals surface area contributed by atoms with Crippen LogP contribution in [-0.2, 0) is 13.8 Å². The summed E-state index contributed by atoms with van der Waals surface area (Å²) in [4.78, 5) is 50.1. The van der Waals surface area contributed by atoms with Crippen molar-refractivity contribution in [3.63, 3.8) is 0 Å². The van der Waals surface area contributed by atoms with Gasteiger partial charge in [-0.1, -0.05) is 12.5 Å². The van der Waals surface area contributed by atoms with Crippen molar-refractivity contribution in [1.29, 1.82) is 0 Å². The highest BCUT2D eigenvalue weighted by Gasteiger charge is 2.45. The second-order valence-electron chi connectivity index (χ2n) is 6.77. The maximum absolute atomic E-state index is 12.9. The van der Waals surface area contributed by atoms with Crippen LogP contribution < -0.4 is 10.1 Å². The normalized spacial score (nSPS) is 18.8. The van der Waals surface area contributed by atoms with Gasteiger partial charge in [0.15, 0.2) is 0 Å². The Morgan fingerprint density at radius 1 is 1.07 bits per heavy atom. The molecule has 0 saturated carbocycles. The fourth-order valence-corrected chi connectivity index (χ4v) is 4.15. The molecule has 0 bridgehead atoms. The van der Waals surface area contributed by atoms with Crippen molar-refractivity contribution in [3.8, 4) is 5.75 Å². The molecular weight excluding hydrogens is 511 g/mol. The SMILES string of the molecule is O=C1CCC(N2C(=O)c3cccc(OCCCCCCOSI)c3C2=O)C(=O)N1. The van der Waals surface area contributed by atoms with Crippen molar-refractivity contribution in [2.24, 2.45) is 0 Å². The number of unbranched alkanes of at least 4 members (excludes halogenated alkanes) is 3. The van der Waals surface area contributed by atoms with E-state index < -0.39 is 29.7 Å². The lowest BCUT2D eigenvalue weighted by Gasteiger charge is -2.27. The minimum absolute atomic E-state index is 0.0920. The summed E-state index contributed by atoms with van der Waals surface area (Å²) in [5, 5.41) is 2.19. The summed E-state index contributed by atoms with van der Waals surface area (Å²) in [6.07, 6.45) is 4.01. The fraction of sp³-hybridized carbons (Fsp3) is 0.474. The van der Waals surface area contributed by atoms with Gasteiger partial charge in [-0.15, -0.1) is 0 Å². The molecule has 2 heterocycles. The summed E-state index contributed by atoms with van der Waals surface area (Å²) in [7, 11) is 1.33. The number of carbonyl (C=O) groups excluding carboxylic acids is 4. The molecule has 1 N–H and O–H groups in total. The van der Waals surface area contributed by atoms with Gasteiger partial charge in [0.05, 0.1) is 33.6 Å². The molecular formula is C19H21IN2O6S. The number of fused-ring (bicyclic) bond motifs is 1. The highest BCUT2D eigenvalue weighted by atomic mass is 127. The number of amides is 4. The molecule has 3 rings (SSSR count). The molecule has 1 aromatic carbocycles. The predicted octanol–water partition coefficient (Wildman–Crippen LogP) is 3.04. The summed E-state index contributed by atoms with van der Waals surface area (Å²) in [6.45, 7) is 1.14. The minimum atomic E-state index is -0.976. The smallest absolute Gasteiger partial charge is 0.266 e. The van der Waals surface area contributed by atoms with Crippen LogP contribution in [0, 0.1) is 0 Å². The average Bonchev–Trinajstić information content (AvgIpc) is 2.95. The number of benzene rings is 1. The molecule has 0 radical (unpaired) electrons. The lowest BCUT2D eigenvalue weighted by atomic mass is 10.0. The number of halogens is 1. The third kappa shape index (κ3) is 5.10. The molecule has 29 heavy (non-hydrogen) atoms. The molecule has 10 heteroatoms. The van der Waals surface area contributed by atoms with Crippen LogP contribution in [0.15, 0.2) is 18.2 Å². The largest absolute Gasteiger partial charge is 0.493 e. The Morgan fingerprint density at radius 3 is 2.55 bits per heavy atom. The van der Waals surface area contributed by atoms with E-state index in [0.29, 0.717) is 19.0 Å². The molecule has 2 aliphatic heterocycles. The lowest BCUT2D eigenvalue weighted by Crippen LogP contribution is -2.54. The summed E-state index contributed by atoms with van der Waals surface area (Å²) in [5.41, 5.74) is 0.417. The first-order valence-electron chi connectivity index (χ1n) is 9.42. The molecule has 1 fully saturated rings. The lowest BCUT2D eigenvalue weighted by molar-refractivity contribution is -0.136. The summed E-state index contributed by atoms with van der Waals surface area (Å²) in [5.74, 6) is -1.75. The van der Waals surface area contributed by atoms with E-state index in [9.17, 15) is 19.2 Å². The van der Waals surface area contributed by atoms with Gasteiger partial charge in [-0.25, -0.2) is 0 Å². The average molecular weight is 532 g/mol. The number of nitrogens with one attached hydrogen (secondary N) is 1.